The standard InChI is InChI=1S/C17H22N4O3/c1-13-3-2-4-14-16(13)19-12-21(17(14)23)11-15(22)18-5-6-20-7-9-24-10-8-20/h2-4,12H,5-11H2,1H3,(H,18,22). The SMILES string of the molecule is Cc1cccc2c(=O)n(CC(=O)NCCN3CCOCC3)cnc12. The molecule has 7 nitrogen and oxygen atoms in total. The van der Waals surface area contributed by atoms with Crippen molar-refractivity contribution >= 4 is 16.8 Å². The zero-order valence-corrected chi connectivity index (χ0v) is 13.8. The summed E-state index contributed by atoms with van der Waals surface area (Å²) in [5.74, 6) is -0.181. The summed E-state index contributed by atoms with van der Waals surface area (Å²) in [4.78, 5) is 31.1. The Morgan fingerprint density at radius 3 is 2.92 bits per heavy atom. The number of para-hydroxylation sites is 1. The molecule has 2 heterocycles. The number of rotatable bonds is 5. The Kier molecular flexibility index (Phi) is 5.22. The number of fused-ring (bicyclic) bond motifs is 1. The molecule has 1 fully saturated rings. The number of aryl methyl sites for hydroxylation is 1. The van der Waals surface area contributed by atoms with Gasteiger partial charge in [-0.3, -0.25) is 19.1 Å². The fourth-order valence-corrected chi connectivity index (χ4v) is 2.84. The number of amides is 1. The highest BCUT2D eigenvalue weighted by molar-refractivity contribution is 5.81. The van der Waals surface area contributed by atoms with Crippen LogP contribution in [0.2, 0.25) is 0 Å². The molecule has 0 atom stereocenters. The second-order valence-electron chi connectivity index (χ2n) is 5.95. The van der Waals surface area contributed by atoms with E-state index in [-0.39, 0.29) is 18.0 Å². The van der Waals surface area contributed by atoms with Crippen LogP contribution in [0.3, 0.4) is 0 Å². The van der Waals surface area contributed by atoms with Gasteiger partial charge >= 0.3 is 0 Å². The van der Waals surface area contributed by atoms with Crippen molar-refractivity contribution in [1.29, 1.82) is 0 Å². The van der Waals surface area contributed by atoms with Crippen molar-refractivity contribution in [1.82, 2.24) is 19.8 Å². The van der Waals surface area contributed by atoms with Crippen molar-refractivity contribution in [2.75, 3.05) is 39.4 Å². The van der Waals surface area contributed by atoms with Crippen molar-refractivity contribution in [3.8, 4) is 0 Å². The van der Waals surface area contributed by atoms with Gasteiger partial charge in [0.15, 0.2) is 0 Å². The molecule has 1 aromatic heterocycles. The highest BCUT2D eigenvalue weighted by atomic mass is 16.5. The highest BCUT2D eigenvalue weighted by Gasteiger charge is 2.11. The molecule has 0 radical (unpaired) electrons. The highest BCUT2D eigenvalue weighted by Crippen LogP contribution is 2.10. The molecule has 0 spiro atoms. The number of nitrogens with zero attached hydrogens (tertiary/aromatic N) is 3. The van der Waals surface area contributed by atoms with E-state index in [2.05, 4.69) is 15.2 Å². The molecule has 1 saturated heterocycles. The summed E-state index contributed by atoms with van der Waals surface area (Å²) in [6.07, 6.45) is 1.44. The van der Waals surface area contributed by atoms with Gasteiger partial charge in [0.2, 0.25) is 5.91 Å². The maximum absolute atomic E-state index is 12.5. The van der Waals surface area contributed by atoms with Gasteiger partial charge in [-0.25, -0.2) is 4.98 Å². The quantitative estimate of drug-likeness (QED) is 0.845. The Bertz CT molecular complexity index is 781. The van der Waals surface area contributed by atoms with Crippen LogP contribution in [0.4, 0.5) is 0 Å². The van der Waals surface area contributed by atoms with Crippen molar-refractivity contribution in [3.05, 3.63) is 40.4 Å². The minimum absolute atomic E-state index is 0.0151. The van der Waals surface area contributed by atoms with Crippen molar-refractivity contribution in [2.45, 2.75) is 13.5 Å². The van der Waals surface area contributed by atoms with Crippen LogP contribution >= 0.6 is 0 Å². The van der Waals surface area contributed by atoms with Gasteiger partial charge in [-0.2, -0.15) is 0 Å². The number of hydrogen-bond acceptors (Lipinski definition) is 5. The maximum atomic E-state index is 12.5. The Labute approximate surface area is 140 Å². The minimum atomic E-state index is -0.188. The monoisotopic (exact) mass is 330 g/mol. The zero-order valence-electron chi connectivity index (χ0n) is 13.8. The number of benzene rings is 1. The molecule has 1 N–H and O–H groups in total. The topological polar surface area (TPSA) is 76.5 Å². The van der Waals surface area contributed by atoms with Crippen LogP contribution in [0.25, 0.3) is 10.9 Å². The first-order chi connectivity index (χ1) is 11.6. The largest absolute Gasteiger partial charge is 0.379 e. The molecule has 0 aliphatic carbocycles. The van der Waals surface area contributed by atoms with E-state index in [9.17, 15) is 9.59 Å². The van der Waals surface area contributed by atoms with Gasteiger partial charge < -0.3 is 10.1 Å². The first-order valence-electron chi connectivity index (χ1n) is 8.17. The van der Waals surface area contributed by atoms with Crippen LogP contribution in [0.1, 0.15) is 5.56 Å². The van der Waals surface area contributed by atoms with Gasteiger partial charge in [0.05, 0.1) is 30.4 Å². The lowest BCUT2D eigenvalue weighted by molar-refractivity contribution is -0.121. The summed E-state index contributed by atoms with van der Waals surface area (Å²) in [5.41, 5.74) is 1.45. The van der Waals surface area contributed by atoms with Crippen LogP contribution in [-0.2, 0) is 16.1 Å². The first-order valence-corrected chi connectivity index (χ1v) is 8.17. The lowest BCUT2D eigenvalue weighted by Gasteiger charge is -2.26. The van der Waals surface area contributed by atoms with E-state index in [1.165, 1.54) is 10.9 Å². The predicted octanol–water partition coefficient (Wildman–Crippen LogP) is 0.153. The lowest BCUT2D eigenvalue weighted by atomic mass is 10.1. The number of nitrogens with one attached hydrogen (secondary N) is 1. The first kappa shape index (κ1) is 16.6. The van der Waals surface area contributed by atoms with Crippen molar-refractivity contribution in [3.63, 3.8) is 0 Å². The Hall–Kier alpha value is -2.25. The average Bonchev–Trinajstić information content (AvgIpc) is 2.59. The van der Waals surface area contributed by atoms with E-state index in [1.54, 1.807) is 6.07 Å². The number of carbonyl (C=O) groups excluding carboxylic acids is 1. The molecule has 128 valence electrons. The third kappa shape index (κ3) is 3.80. The van der Waals surface area contributed by atoms with E-state index in [4.69, 9.17) is 4.74 Å². The van der Waals surface area contributed by atoms with E-state index in [0.29, 0.717) is 17.4 Å². The molecule has 7 heteroatoms. The van der Waals surface area contributed by atoms with Crippen LogP contribution in [0, 0.1) is 6.92 Å². The van der Waals surface area contributed by atoms with Crippen LogP contribution < -0.4 is 10.9 Å². The number of morpholine rings is 1. The van der Waals surface area contributed by atoms with Crippen LogP contribution in [0.15, 0.2) is 29.3 Å². The van der Waals surface area contributed by atoms with Gasteiger partial charge in [0.25, 0.3) is 5.56 Å². The predicted molar refractivity (Wildman–Crippen MR) is 91.0 cm³/mol. The maximum Gasteiger partial charge on any atom is 0.261 e. The third-order valence-electron chi connectivity index (χ3n) is 4.22. The Balaban J connectivity index is 1.59. The van der Waals surface area contributed by atoms with Crippen LogP contribution in [0.5, 0.6) is 0 Å². The Morgan fingerprint density at radius 2 is 2.12 bits per heavy atom. The zero-order chi connectivity index (χ0) is 16.9. The molecule has 3 rings (SSSR count). The summed E-state index contributed by atoms with van der Waals surface area (Å²) in [6, 6.07) is 5.48. The number of hydrogen-bond donors (Lipinski definition) is 1. The van der Waals surface area contributed by atoms with Gasteiger partial charge in [0, 0.05) is 26.2 Å². The van der Waals surface area contributed by atoms with Gasteiger partial charge in [0.1, 0.15) is 6.54 Å². The molecule has 1 aliphatic heterocycles. The molecule has 1 aromatic carbocycles. The normalized spacial score (nSPS) is 15.5. The summed E-state index contributed by atoms with van der Waals surface area (Å²) in [6.45, 7) is 6.52. The number of carbonyl (C=O) groups is 1. The second kappa shape index (κ2) is 7.55. The van der Waals surface area contributed by atoms with E-state index in [1.807, 2.05) is 19.1 Å². The molecule has 2 aromatic rings. The molecular formula is C17H22N4O3. The summed E-state index contributed by atoms with van der Waals surface area (Å²) in [5, 5.41) is 3.40. The second-order valence-corrected chi connectivity index (χ2v) is 5.95. The van der Waals surface area contributed by atoms with E-state index < -0.39 is 0 Å². The fourth-order valence-electron chi connectivity index (χ4n) is 2.84. The number of aromatic nitrogens is 2. The number of ether oxygens (including phenoxy) is 1. The molecule has 24 heavy (non-hydrogen) atoms. The summed E-state index contributed by atoms with van der Waals surface area (Å²) >= 11 is 0. The van der Waals surface area contributed by atoms with Crippen molar-refractivity contribution < 1.29 is 9.53 Å². The minimum Gasteiger partial charge on any atom is -0.379 e. The third-order valence-corrected chi connectivity index (χ3v) is 4.22. The van der Waals surface area contributed by atoms with Crippen molar-refractivity contribution in [2.24, 2.45) is 0 Å². The summed E-state index contributed by atoms with van der Waals surface area (Å²) in [7, 11) is 0. The molecule has 0 bridgehead atoms. The smallest absolute Gasteiger partial charge is 0.261 e. The molecular weight excluding hydrogens is 308 g/mol. The van der Waals surface area contributed by atoms with Gasteiger partial charge in [-0.05, 0) is 18.6 Å². The fraction of sp³-hybridized carbons (Fsp3) is 0.471. The van der Waals surface area contributed by atoms with Crippen LogP contribution in [-0.4, -0.2) is 59.8 Å². The Morgan fingerprint density at radius 1 is 1.33 bits per heavy atom. The van der Waals surface area contributed by atoms with Gasteiger partial charge in [-0.15, -0.1) is 0 Å². The average molecular weight is 330 g/mol. The molecule has 1 amide bonds. The van der Waals surface area contributed by atoms with E-state index in [0.717, 1.165) is 38.4 Å². The van der Waals surface area contributed by atoms with E-state index >= 15 is 0 Å². The summed E-state index contributed by atoms with van der Waals surface area (Å²) < 4.78 is 6.64. The van der Waals surface area contributed by atoms with Gasteiger partial charge in [-0.1, -0.05) is 12.1 Å². The molecule has 0 unspecified atom stereocenters. The molecule has 0 saturated carbocycles. The lowest BCUT2D eigenvalue weighted by Crippen LogP contribution is -2.42. The molecule has 1 aliphatic rings.